The van der Waals surface area contributed by atoms with Crippen LogP contribution >= 0.6 is 15.9 Å². The van der Waals surface area contributed by atoms with Crippen molar-refractivity contribution < 1.29 is 13.9 Å². The first-order valence-corrected chi connectivity index (χ1v) is 11.2. The molecule has 0 bridgehead atoms. The summed E-state index contributed by atoms with van der Waals surface area (Å²) in [6, 6.07) is 7.95. The van der Waals surface area contributed by atoms with Crippen LogP contribution < -0.4 is 5.32 Å². The van der Waals surface area contributed by atoms with E-state index in [1.807, 2.05) is 19.9 Å². The van der Waals surface area contributed by atoms with Crippen molar-refractivity contribution in [3.8, 4) is 0 Å². The fourth-order valence-electron chi connectivity index (χ4n) is 4.19. The Balaban J connectivity index is 1.72. The summed E-state index contributed by atoms with van der Waals surface area (Å²) in [5.41, 5.74) is 1.85. The highest BCUT2D eigenvalue weighted by Gasteiger charge is 2.47. The standard InChI is InChI=1S/C24H26BrF2N3O/c1-13(15-7-5-8-16(11-15)24(26,27)23(3,4)31)28-22-19-12-20(25)17-9-6-10-18(17)21(19)29-14(2)30-22/h5,7-8,11-13,31H,6,9-10H2,1-4H3,(H,28,29,30). The van der Waals surface area contributed by atoms with Gasteiger partial charge in [-0.25, -0.2) is 9.97 Å². The van der Waals surface area contributed by atoms with E-state index in [9.17, 15) is 13.9 Å². The first-order valence-electron chi connectivity index (χ1n) is 10.4. The highest BCUT2D eigenvalue weighted by molar-refractivity contribution is 9.10. The molecule has 3 aromatic rings. The number of nitrogens with one attached hydrogen (secondary N) is 1. The predicted octanol–water partition coefficient (Wildman–Crippen LogP) is 6.23. The molecular weight excluding hydrogens is 464 g/mol. The van der Waals surface area contributed by atoms with E-state index in [1.165, 1.54) is 23.3 Å². The number of fused-ring (bicyclic) bond motifs is 3. The van der Waals surface area contributed by atoms with E-state index in [1.54, 1.807) is 12.1 Å². The highest BCUT2D eigenvalue weighted by Crippen LogP contribution is 2.40. The summed E-state index contributed by atoms with van der Waals surface area (Å²) < 4.78 is 30.4. The second-order valence-electron chi connectivity index (χ2n) is 8.81. The zero-order valence-corrected chi connectivity index (χ0v) is 19.6. The average molecular weight is 490 g/mol. The number of nitrogens with zero attached hydrogens (tertiary/aromatic N) is 2. The molecule has 4 nitrogen and oxygen atoms in total. The summed E-state index contributed by atoms with van der Waals surface area (Å²) in [6.45, 7) is 6.01. The zero-order chi connectivity index (χ0) is 22.6. The molecule has 1 unspecified atom stereocenters. The Hall–Kier alpha value is -2.12. The van der Waals surface area contributed by atoms with E-state index in [-0.39, 0.29) is 11.6 Å². The molecule has 31 heavy (non-hydrogen) atoms. The molecule has 0 spiro atoms. The lowest BCUT2D eigenvalue weighted by molar-refractivity contribution is -0.168. The van der Waals surface area contributed by atoms with Gasteiger partial charge in [-0.05, 0) is 75.8 Å². The van der Waals surface area contributed by atoms with Gasteiger partial charge in [-0.2, -0.15) is 8.78 Å². The van der Waals surface area contributed by atoms with Crippen molar-refractivity contribution in [3.05, 3.63) is 62.9 Å². The molecule has 164 valence electrons. The Morgan fingerprint density at radius 3 is 2.55 bits per heavy atom. The van der Waals surface area contributed by atoms with Crippen molar-refractivity contribution in [2.75, 3.05) is 5.32 Å². The molecule has 2 aromatic carbocycles. The second kappa shape index (κ2) is 7.78. The van der Waals surface area contributed by atoms with Gasteiger partial charge in [0.2, 0.25) is 0 Å². The Morgan fingerprint density at radius 2 is 1.84 bits per heavy atom. The molecule has 0 saturated heterocycles. The summed E-state index contributed by atoms with van der Waals surface area (Å²) in [5.74, 6) is -2.02. The Kier molecular flexibility index (Phi) is 5.54. The molecule has 0 fully saturated rings. The minimum absolute atomic E-state index is 0.213. The van der Waals surface area contributed by atoms with Crippen LogP contribution in [0.15, 0.2) is 34.8 Å². The van der Waals surface area contributed by atoms with E-state index in [0.29, 0.717) is 17.2 Å². The number of alkyl halides is 2. The summed E-state index contributed by atoms with van der Waals surface area (Å²) in [7, 11) is 0. The van der Waals surface area contributed by atoms with Gasteiger partial charge in [-0.1, -0.05) is 34.1 Å². The van der Waals surface area contributed by atoms with Crippen molar-refractivity contribution in [3.63, 3.8) is 0 Å². The van der Waals surface area contributed by atoms with Gasteiger partial charge in [-0.15, -0.1) is 0 Å². The summed E-state index contributed by atoms with van der Waals surface area (Å²) in [4.78, 5) is 9.32. The van der Waals surface area contributed by atoms with Crippen molar-refractivity contribution in [2.24, 2.45) is 0 Å². The first-order chi connectivity index (χ1) is 14.5. The molecule has 1 aliphatic carbocycles. The molecule has 1 atom stereocenters. The van der Waals surface area contributed by atoms with Crippen molar-refractivity contribution >= 4 is 32.7 Å². The molecule has 1 aromatic heterocycles. The molecular formula is C24H26BrF2N3O. The van der Waals surface area contributed by atoms with Gasteiger partial charge in [0, 0.05) is 21.5 Å². The summed E-state index contributed by atoms with van der Waals surface area (Å²) >= 11 is 3.69. The number of rotatable bonds is 5. The molecule has 1 aliphatic rings. The number of aliphatic hydroxyl groups is 1. The van der Waals surface area contributed by atoms with Crippen LogP contribution in [0.5, 0.6) is 0 Å². The SMILES string of the molecule is Cc1nc(NC(C)c2cccc(C(F)(F)C(C)(C)O)c2)c2cc(Br)c3c(c2n1)CCC3. The summed E-state index contributed by atoms with van der Waals surface area (Å²) in [5, 5.41) is 14.2. The highest BCUT2D eigenvalue weighted by atomic mass is 79.9. The molecule has 4 rings (SSSR count). The largest absolute Gasteiger partial charge is 0.384 e. The Labute approximate surface area is 189 Å². The van der Waals surface area contributed by atoms with Gasteiger partial charge < -0.3 is 10.4 Å². The van der Waals surface area contributed by atoms with Gasteiger partial charge >= 0.3 is 5.92 Å². The lowest BCUT2D eigenvalue weighted by Gasteiger charge is -2.30. The lowest BCUT2D eigenvalue weighted by Crippen LogP contribution is -2.40. The molecule has 0 aliphatic heterocycles. The maximum absolute atomic E-state index is 14.7. The van der Waals surface area contributed by atoms with Crippen LogP contribution in [0.1, 0.15) is 61.3 Å². The van der Waals surface area contributed by atoms with E-state index in [4.69, 9.17) is 4.98 Å². The Bertz CT molecular complexity index is 1160. The van der Waals surface area contributed by atoms with E-state index in [2.05, 4.69) is 26.2 Å². The van der Waals surface area contributed by atoms with Gasteiger partial charge in [0.05, 0.1) is 5.52 Å². The fourth-order valence-corrected chi connectivity index (χ4v) is 4.85. The van der Waals surface area contributed by atoms with E-state index < -0.39 is 11.5 Å². The van der Waals surface area contributed by atoms with Crippen LogP contribution in [-0.2, 0) is 18.8 Å². The second-order valence-corrected chi connectivity index (χ2v) is 9.66. The number of anilines is 1. The number of benzene rings is 2. The normalized spacial score (nSPS) is 15.2. The van der Waals surface area contributed by atoms with Gasteiger partial charge in [0.15, 0.2) is 0 Å². The van der Waals surface area contributed by atoms with Gasteiger partial charge in [0.1, 0.15) is 17.2 Å². The minimum Gasteiger partial charge on any atom is -0.384 e. The summed E-state index contributed by atoms with van der Waals surface area (Å²) in [6.07, 6.45) is 3.14. The van der Waals surface area contributed by atoms with Crippen molar-refractivity contribution in [2.45, 2.75) is 64.5 Å². The van der Waals surface area contributed by atoms with Crippen LogP contribution in [0.3, 0.4) is 0 Å². The first kappa shape index (κ1) is 22.1. The molecule has 0 radical (unpaired) electrons. The van der Waals surface area contributed by atoms with Crippen LogP contribution in [0.2, 0.25) is 0 Å². The number of halogens is 3. The third kappa shape index (κ3) is 3.94. The fraction of sp³-hybridized carbons (Fsp3) is 0.417. The lowest BCUT2D eigenvalue weighted by atomic mass is 9.91. The number of aryl methyl sites for hydroxylation is 2. The third-order valence-corrected chi connectivity index (χ3v) is 6.70. The minimum atomic E-state index is -3.37. The molecule has 7 heteroatoms. The molecule has 0 saturated carbocycles. The molecule has 1 heterocycles. The van der Waals surface area contributed by atoms with Crippen molar-refractivity contribution in [1.82, 2.24) is 9.97 Å². The predicted molar refractivity (Wildman–Crippen MR) is 123 cm³/mol. The number of aromatic nitrogens is 2. The quantitative estimate of drug-likeness (QED) is 0.446. The van der Waals surface area contributed by atoms with Crippen LogP contribution in [0.25, 0.3) is 10.9 Å². The maximum Gasteiger partial charge on any atom is 0.300 e. The van der Waals surface area contributed by atoms with E-state index in [0.717, 1.165) is 48.5 Å². The Morgan fingerprint density at radius 1 is 1.13 bits per heavy atom. The van der Waals surface area contributed by atoms with Crippen molar-refractivity contribution in [1.29, 1.82) is 0 Å². The smallest absolute Gasteiger partial charge is 0.300 e. The number of hydrogen-bond acceptors (Lipinski definition) is 4. The topological polar surface area (TPSA) is 58.0 Å². The average Bonchev–Trinajstić information content (AvgIpc) is 3.19. The van der Waals surface area contributed by atoms with Gasteiger partial charge in [-0.3, -0.25) is 0 Å². The molecule has 0 amide bonds. The number of hydrogen-bond donors (Lipinski definition) is 2. The van der Waals surface area contributed by atoms with E-state index >= 15 is 0 Å². The molecule has 2 N–H and O–H groups in total. The maximum atomic E-state index is 14.7. The zero-order valence-electron chi connectivity index (χ0n) is 18.1. The monoisotopic (exact) mass is 489 g/mol. The van der Waals surface area contributed by atoms with Gasteiger partial charge in [0.25, 0.3) is 0 Å². The van der Waals surface area contributed by atoms with Crippen LogP contribution in [-0.4, -0.2) is 20.7 Å². The third-order valence-electron chi connectivity index (χ3n) is 5.99. The van der Waals surface area contributed by atoms with Crippen LogP contribution in [0, 0.1) is 6.92 Å². The van der Waals surface area contributed by atoms with Crippen LogP contribution in [0.4, 0.5) is 14.6 Å².